The molecule has 2 aliphatic rings. The summed E-state index contributed by atoms with van der Waals surface area (Å²) in [6.45, 7) is 14.7. The van der Waals surface area contributed by atoms with E-state index in [1.165, 1.54) is 44.6 Å². The van der Waals surface area contributed by atoms with E-state index < -0.39 is 0 Å². The van der Waals surface area contributed by atoms with Crippen LogP contribution in [0.1, 0.15) is 71.6 Å². The molecule has 0 aliphatic heterocycles. The van der Waals surface area contributed by atoms with Crippen molar-refractivity contribution in [2.45, 2.75) is 77.7 Å². The number of rotatable bonds is 4. The summed E-state index contributed by atoms with van der Waals surface area (Å²) in [6.07, 6.45) is 14.8. The smallest absolute Gasteiger partial charge is 1.00 e. The van der Waals surface area contributed by atoms with Crippen LogP contribution in [-0.4, -0.2) is 40.5 Å². The molecule has 2 fully saturated rings. The molecule has 0 heterocycles. The third-order valence-corrected chi connectivity index (χ3v) is 5.27. The summed E-state index contributed by atoms with van der Waals surface area (Å²) in [5.74, 6) is 2.67. The monoisotopic (exact) mass is 438 g/mol. The summed E-state index contributed by atoms with van der Waals surface area (Å²) >= 11 is 0. The number of hydrogen-bond donors (Lipinski definition) is 1. The van der Waals surface area contributed by atoms with Crippen molar-refractivity contribution in [2.75, 3.05) is 0 Å². The third-order valence-electron chi connectivity index (χ3n) is 5.27. The number of aliphatic hydroxyl groups is 1. The molecule has 0 radical (unpaired) electrons. The van der Waals surface area contributed by atoms with Gasteiger partial charge in [-0.2, -0.15) is 0 Å². The fraction of sp³-hybridized carbons (Fsp3) is 0.727. The van der Waals surface area contributed by atoms with E-state index in [9.17, 15) is 9.90 Å². The average Bonchev–Trinajstić information content (AvgIpc) is 2.58. The Hall–Kier alpha value is 0.226. The van der Waals surface area contributed by atoms with Gasteiger partial charge in [-0.1, -0.05) is 45.6 Å². The first-order valence-corrected chi connectivity index (χ1v) is 9.62. The van der Waals surface area contributed by atoms with Gasteiger partial charge in [0.25, 0.3) is 0 Å². The average molecular weight is 440 g/mol. The summed E-state index contributed by atoms with van der Waals surface area (Å²) in [4.78, 5) is 10.3. The van der Waals surface area contributed by atoms with Crippen LogP contribution in [0.5, 0.6) is 0 Å². The maximum absolute atomic E-state index is 10.3. The summed E-state index contributed by atoms with van der Waals surface area (Å²) in [7, 11) is 0. The maximum atomic E-state index is 10.3. The van der Waals surface area contributed by atoms with Gasteiger partial charge >= 0.3 is 23.1 Å². The van der Waals surface area contributed by atoms with Gasteiger partial charge in [-0.15, -0.1) is 6.58 Å². The Morgan fingerprint density at radius 2 is 1.38 bits per heavy atom. The molecule has 1 unspecified atom stereocenters. The van der Waals surface area contributed by atoms with Gasteiger partial charge in [0.1, 0.15) is 6.29 Å². The SMILES string of the molecule is C=CCC(O)C1CCC(C)CC1.C=C[CH2-].CC1CCC(C=O)CC1.[Br-].[Mg+2]. The van der Waals surface area contributed by atoms with Crippen LogP contribution in [0.3, 0.4) is 0 Å². The maximum Gasteiger partial charge on any atom is 2.00 e. The van der Waals surface area contributed by atoms with Crippen molar-refractivity contribution in [2.24, 2.45) is 23.7 Å². The van der Waals surface area contributed by atoms with Crippen molar-refractivity contribution in [1.29, 1.82) is 0 Å². The normalized spacial score (nSPS) is 28.1. The largest absolute Gasteiger partial charge is 2.00 e. The number of carbonyl (C=O) groups excluding carboxylic acids is 1. The molecule has 4 heteroatoms. The van der Waals surface area contributed by atoms with Gasteiger partial charge in [-0.05, 0) is 49.9 Å². The third kappa shape index (κ3) is 15.3. The number of aldehydes is 1. The zero-order valence-electron chi connectivity index (χ0n) is 17.0. The van der Waals surface area contributed by atoms with Crippen molar-refractivity contribution >= 4 is 29.3 Å². The van der Waals surface area contributed by atoms with Crippen LogP contribution in [0.25, 0.3) is 0 Å². The Kier molecular flexibility index (Phi) is 23.8. The zero-order valence-corrected chi connectivity index (χ0v) is 20.0. The van der Waals surface area contributed by atoms with Crippen LogP contribution < -0.4 is 17.0 Å². The number of carbonyl (C=O) groups is 1. The molecule has 2 nitrogen and oxygen atoms in total. The number of allylic oxidation sites excluding steroid dienone is 1. The summed E-state index contributed by atoms with van der Waals surface area (Å²) in [6, 6.07) is 0. The Balaban J connectivity index is -0.000000339. The molecule has 2 saturated carbocycles. The predicted molar refractivity (Wildman–Crippen MR) is 110 cm³/mol. The van der Waals surface area contributed by atoms with E-state index in [1.807, 2.05) is 6.08 Å². The first-order valence-electron chi connectivity index (χ1n) is 9.62. The minimum absolute atomic E-state index is 0. The molecular weight excluding hydrogens is 400 g/mol. The molecule has 26 heavy (non-hydrogen) atoms. The van der Waals surface area contributed by atoms with Gasteiger partial charge in [0, 0.05) is 5.92 Å². The molecule has 0 saturated heterocycles. The fourth-order valence-electron chi connectivity index (χ4n) is 3.46. The second-order valence-electron chi connectivity index (χ2n) is 7.56. The van der Waals surface area contributed by atoms with Gasteiger partial charge in [-0.25, -0.2) is 19.6 Å². The second-order valence-corrected chi connectivity index (χ2v) is 7.56. The Morgan fingerprint density at radius 1 is 1.00 bits per heavy atom. The van der Waals surface area contributed by atoms with Crippen LogP contribution in [0.4, 0.5) is 0 Å². The van der Waals surface area contributed by atoms with E-state index in [2.05, 4.69) is 33.9 Å². The van der Waals surface area contributed by atoms with Crippen molar-refractivity contribution in [3.63, 3.8) is 0 Å². The molecule has 0 spiro atoms. The van der Waals surface area contributed by atoms with E-state index in [-0.39, 0.29) is 46.1 Å². The number of aliphatic hydroxyl groups excluding tert-OH is 1. The van der Waals surface area contributed by atoms with E-state index in [4.69, 9.17) is 0 Å². The molecule has 2 aliphatic carbocycles. The molecule has 0 aromatic carbocycles. The Labute approximate surface area is 189 Å². The van der Waals surface area contributed by atoms with Crippen molar-refractivity contribution in [1.82, 2.24) is 0 Å². The second kappa shape index (κ2) is 20.0. The minimum atomic E-state index is -0.130. The molecule has 1 N–H and O–H groups in total. The van der Waals surface area contributed by atoms with Crippen LogP contribution in [0.2, 0.25) is 0 Å². The van der Waals surface area contributed by atoms with Gasteiger partial charge in [0.15, 0.2) is 0 Å². The van der Waals surface area contributed by atoms with Crippen molar-refractivity contribution in [3.8, 4) is 0 Å². The summed E-state index contributed by atoms with van der Waals surface area (Å²) in [5.41, 5.74) is 0. The Bertz CT molecular complexity index is 333. The van der Waals surface area contributed by atoms with Gasteiger partial charge in [0.2, 0.25) is 0 Å². The van der Waals surface area contributed by atoms with Gasteiger partial charge in [-0.3, -0.25) is 0 Å². The Morgan fingerprint density at radius 3 is 1.73 bits per heavy atom. The van der Waals surface area contributed by atoms with Crippen LogP contribution in [0, 0.1) is 30.6 Å². The standard InChI is InChI=1S/C11H20O.C8H14O.C3H5.BrH.Mg/c1-3-4-11(12)10-7-5-9(2)6-8-10;1-7-2-4-8(6-9)5-3-7;1-3-2;;/h3,9-12H,1,4-8H2,2H3;6-8H,2-5H2,1H3;3H,1-2H2;1H;/q;;-1;;+2/p-1. The molecule has 2 rings (SSSR count). The molecule has 148 valence electrons. The number of hydrogen-bond acceptors (Lipinski definition) is 2. The van der Waals surface area contributed by atoms with Crippen LogP contribution in [-0.2, 0) is 4.79 Å². The first kappa shape index (κ1) is 30.9. The molecule has 0 amide bonds. The van der Waals surface area contributed by atoms with Gasteiger partial charge < -0.3 is 26.9 Å². The molecular formula is C22H39BrMgO2. The minimum Gasteiger partial charge on any atom is -1.00 e. The molecule has 0 aromatic rings. The van der Waals surface area contributed by atoms with Crippen molar-refractivity contribution < 1.29 is 26.9 Å². The van der Waals surface area contributed by atoms with E-state index in [0.29, 0.717) is 11.8 Å². The van der Waals surface area contributed by atoms with Crippen molar-refractivity contribution in [3.05, 3.63) is 32.2 Å². The van der Waals surface area contributed by atoms with Gasteiger partial charge in [0.05, 0.1) is 6.10 Å². The summed E-state index contributed by atoms with van der Waals surface area (Å²) in [5, 5.41) is 9.69. The van der Waals surface area contributed by atoms with E-state index >= 15 is 0 Å². The van der Waals surface area contributed by atoms with Crippen LogP contribution in [0.15, 0.2) is 25.3 Å². The summed E-state index contributed by atoms with van der Waals surface area (Å²) < 4.78 is 0. The van der Waals surface area contributed by atoms with Crippen LogP contribution >= 0.6 is 0 Å². The molecule has 0 aromatic heterocycles. The first-order chi connectivity index (χ1) is 11.5. The van der Waals surface area contributed by atoms with E-state index in [1.54, 1.807) is 0 Å². The quantitative estimate of drug-likeness (QED) is 0.316. The zero-order chi connectivity index (χ0) is 18.4. The predicted octanol–water partition coefficient (Wildman–Crippen LogP) is 2.39. The molecule has 1 atom stereocenters. The molecule has 0 bridgehead atoms. The topological polar surface area (TPSA) is 37.3 Å². The fourth-order valence-corrected chi connectivity index (χ4v) is 3.46. The van der Waals surface area contributed by atoms with E-state index in [0.717, 1.165) is 37.4 Å². The number of halogens is 1.